The number of anilines is 1. The van der Waals surface area contributed by atoms with Crippen molar-refractivity contribution < 1.29 is 19.1 Å². The van der Waals surface area contributed by atoms with Crippen LogP contribution in [-0.4, -0.2) is 23.5 Å². The molecule has 0 saturated heterocycles. The van der Waals surface area contributed by atoms with Gasteiger partial charge in [-0.05, 0) is 43.7 Å². The number of thiazole rings is 1. The summed E-state index contributed by atoms with van der Waals surface area (Å²) in [6.45, 7) is 3.93. The van der Waals surface area contributed by atoms with Crippen molar-refractivity contribution >= 4 is 39.6 Å². The van der Waals surface area contributed by atoms with Gasteiger partial charge in [-0.3, -0.25) is 4.79 Å². The number of benzene rings is 2. The van der Waals surface area contributed by atoms with Gasteiger partial charge in [-0.15, -0.1) is 11.3 Å². The Hall–Kier alpha value is -3.49. The molecule has 0 spiro atoms. The maximum atomic E-state index is 12.9. The van der Waals surface area contributed by atoms with Crippen molar-refractivity contribution in [1.82, 2.24) is 4.98 Å². The first-order valence-corrected chi connectivity index (χ1v) is 11.6. The minimum atomic E-state index is -0.460. The highest BCUT2D eigenvalue weighted by atomic mass is 32.1. The van der Waals surface area contributed by atoms with Gasteiger partial charge in [-0.25, -0.2) is 9.78 Å². The lowest BCUT2D eigenvalue weighted by atomic mass is 10.0. The van der Waals surface area contributed by atoms with E-state index in [-0.39, 0.29) is 12.5 Å². The summed E-state index contributed by atoms with van der Waals surface area (Å²) in [4.78, 5) is 30.7. The van der Waals surface area contributed by atoms with Gasteiger partial charge < -0.3 is 14.8 Å². The summed E-state index contributed by atoms with van der Waals surface area (Å²) in [5.74, 6) is -0.197. The third-order valence-corrected chi connectivity index (χ3v) is 6.25. The fraction of sp³-hybridized carbons (Fsp3) is 0.125. The Kier molecular flexibility index (Phi) is 6.63. The van der Waals surface area contributed by atoms with E-state index in [9.17, 15) is 9.59 Å². The molecule has 8 heteroatoms. The molecule has 0 radical (unpaired) electrons. The topological polar surface area (TPSA) is 77.5 Å². The number of aromatic nitrogens is 1. The largest absolute Gasteiger partial charge is 0.462 e. The lowest BCUT2D eigenvalue weighted by molar-refractivity contribution is 0.0529. The van der Waals surface area contributed by atoms with Crippen molar-refractivity contribution in [3.63, 3.8) is 0 Å². The van der Waals surface area contributed by atoms with Crippen molar-refractivity contribution in [3.05, 3.63) is 82.2 Å². The summed E-state index contributed by atoms with van der Waals surface area (Å²) in [6, 6.07) is 16.4. The lowest BCUT2D eigenvalue weighted by Crippen LogP contribution is -2.14. The number of nitrogens with zero attached hydrogens (tertiary/aromatic N) is 1. The van der Waals surface area contributed by atoms with Crippen LogP contribution in [0.4, 0.5) is 5.00 Å². The molecule has 0 aliphatic heterocycles. The molecule has 2 aromatic heterocycles. The number of rotatable bonds is 7. The van der Waals surface area contributed by atoms with E-state index in [4.69, 9.17) is 9.47 Å². The number of amides is 1. The number of aryl methyl sites for hydroxylation is 1. The highest BCUT2D eigenvalue weighted by molar-refractivity contribution is 7.17. The van der Waals surface area contributed by atoms with Crippen LogP contribution in [0.2, 0.25) is 0 Å². The minimum Gasteiger partial charge on any atom is -0.462 e. The fourth-order valence-corrected chi connectivity index (χ4v) is 4.76. The number of ether oxygens (including phenoxy) is 2. The molecule has 0 saturated carbocycles. The molecule has 1 amide bonds. The fourth-order valence-electron chi connectivity index (χ4n) is 3.19. The van der Waals surface area contributed by atoms with E-state index < -0.39 is 5.97 Å². The van der Waals surface area contributed by atoms with Crippen LogP contribution in [0.25, 0.3) is 11.1 Å². The number of carbonyl (C=O) groups is 2. The average Bonchev–Trinajstić information content (AvgIpc) is 3.42. The quantitative estimate of drug-likeness (QED) is 0.320. The summed E-state index contributed by atoms with van der Waals surface area (Å²) in [7, 11) is 0. The van der Waals surface area contributed by atoms with Crippen molar-refractivity contribution in [2.45, 2.75) is 13.8 Å². The zero-order valence-corrected chi connectivity index (χ0v) is 19.1. The number of nitrogens with one attached hydrogen (secondary N) is 1. The number of hydrogen-bond acceptors (Lipinski definition) is 7. The zero-order chi connectivity index (χ0) is 22.5. The van der Waals surface area contributed by atoms with E-state index in [0.717, 1.165) is 16.0 Å². The normalized spacial score (nSPS) is 10.6. The number of esters is 1. The van der Waals surface area contributed by atoms with Crippen molar-refractivity contribution in [2.24, 2.45) is 0 Å². The molecular formula is C24H20N2O4S2. The van der Waals surface area contributed by atoms with Gasteiger partial charge in [0.25, 0.3) is 11.1 Å². The first-order valence-electron chi connectivity index (χ1n) is 9.91. The molecular weight excluding hydrogens is 444 g/mol. The summed E-state index contributed by atoms with van der Waals surface area (Å²) in [5.41, 5.74) is 2.49. The zero-order valence-electron chi connectivity index (χ0n) is 17.5. The summed E-state index contributed by atoms with van der Waals surface area (Å²) in [5, 5.41) is 5.71. The second kappa shape index (κ2) is 9.76. The Morgan fingerprint density at radius 3 is 2.47 bits per heavy atom. The molecule has 162 valence electrons. The van der Waals surface area contributed by atoms with E-state index >= 15 is 0 Å². The predicted octanol–water partition coefficient (Wildman–Crippen LogP) is 6.40. The summed E-state index contributed by atoms with van der Waals surface area (Å²) < 4.78 is 10.9. The Morgan fingerprint density at radius 1 is 1.06 bits per heavy atom. The maximum Gasteiger partial charge on any atom is 0.341 e. The monoisotopic (exact) mass is 464 g/mol. The van der Waals surface area contributed by atoms with E-state index in [1.54, 1.807) is 37.4 Å². The third-order valence-electron chi connectivity index (χ3n) is 4.58. The first kappa shape index (κ1) is 21.7. The highest BCUT2D eigenvalue weighted by Crippen LogP contribution is 2.40. The van der Waals surface area contributed by atoms with Crippen LogP contribution in [0.5, 0.6) is 10.9 Å². The van der Waals surface area contributed by atoms with Crippen molar-refractivity contribution in [2.75, 3.05) is 11.9 Å². The molecule has 1 N–H and O–H groups in total. The minimum absolute atomic E-state index is 0.246. The standard InChI is InChI=1S/C24H20N2O4S2/c1-3-29-23(28)20-19(16-7-5-4-6-8-16)15(2)32-22(20)26-21(27)17-9-11-18(12-10-17)30-24-25-13-14-31-24/h4-14H,3H2,1-2H3,(H,26,27). The number of thiophene rings is 1. The average molecular weight is 465 g/mol. The van der Waals surface area contributed by atoms with Crippen LogP contribution in [-0.2, 0) is 4.74 Å². The summed E-state index contributed by atoms with van der Waals surface area (Å²) >= 11 is 2.74. The van der Waals surface area contributed by atoms with Gasteiger partial charge in [-0.2, -0.15) is 0 Å². The molecule has 2 aromatic carbocycles. The first-order chi connectivity index (χ1) is 15.6. The Morgan fingerprint density at radius 2 is 1.81 bits per heavy atom. The van der Waals surface area contributed by atoms with Gasteiger partial charge in [0.1, 0.15) is 16.3 Å². The highest BCUT2D eigenvalue weighted by Gasteiger charge is 2.25. The molecule has 2 heterocycles. The van der Waals surface area contributed by atoms with Crippen LogP contribution >= 0.6 is 22.7 Å². The molecule has 4 rings (SSSR count). The van der Waals surface area contributed by atoms with Crippen molar-refractivity contribution in [1.29, 1.82) is 0 Å². The smallest absolute Gasteiger partial charge is 0.341 e. The van der Waals surface area contributed by atoms with E-state index in [0.29, 0.717) is 27.1 Å². The van der Waals surface area contributed by atoms with E-state index in [2.05, 4.69) is 10.3 Å². The van der Waals surface area contributed by atoms with Gasteiger partial charge in [0, 0.05) is 27.6 Å². The molecule has 32 heavy (non-hydrogen) atoms. The Labute approximate surface area is 193 Å². The number of carbonyl (C=O) groups excluding carboxylic acids is 2. The van der Waals surface area contributed by atoms with E-state index in [1.165, 1.54) is 22.7 Å². The van der Waals surface area contributed by atoms with Gasteiger partial charge in [0.15, 0.2) is 0 Å². The second-order valence-electron chi connectivity index (χ2n) is 6.70. The van der Waals surface area contributed by atoms with Crippen LogP contribution in [0.1, 0.15) is 32.5 Å². The molecule has 0 aliphatic rings. The predicted molar refractivity (Wildman–Crippen MR) is 127 cm³/mol. The Bertz CT molecular complexity index is 1220. The molecule has 4 aromatic rings. The van der Waals surface area contributed by atoms with Gasteiger partial charge >= 0.3 is 5.97 Å². The molecule has 0 unspecified atom stereocenters. The van der Waals surface area contributed by atoms with Crippen LogP contribution in [0.3, 0.4) is 0 Å². The van der Waals surface area contributed by atoms with Gasteiger partial charge in [0.05, 0.1) is 6.61 Å². The molecule has 6 nitrogen and oxygen atoms in total. The molecule has 0 bridgehead atoms. The van der Waals surface area contributed by atoms with E-state index in [1.807, 2.05) is 42.6 Å². The number of hydrogen-bond donors (Lipinski definition) is 1. The third kappa shape index (κ3) is 4.71. The van der Waals surface area contributed by atoms with Crippen LogP contribution in [0.15, 0.2) is 66.2 Å². The molecule has 0 aliphatic carbocycles. The van der Waals surface area contributed by atoms with Crippen molar-refractivity contribution in [3.8, 4) is 22.1 Å². The Balaban J connectivity index is 1.60. The van der Waals surface area contributed by atoms with Gasteiger partial charge in [-0.1, -0.05) is 41.7 Å². The second-order valence-corrected chi connectivity index (χ2v) is 8.78. The van der Waals surface area contributed by atoms with Crippen LogP contribution < -0.4 is 10.1 Å². The maximum absolute atomic E-state index is 12.9. The molecule has 0 fully saturated rings. The SMILES string of the molecule is CCOC(=O)c1c(NC(=O)c2ccc(Oc3nccs3)cc2)sc(C)c1-c1ccccc1. The summed E-state index contributed by atoms with van der Waals surface area (Å²) in [6.07, 6.45) is 1.66. The van der Waals surface area contributed by atoms with Crippen LogP contribution in [0, 0.1) is 6.92 Å². The van der Waals surface area contributed by atoms with Gasteiger partial charge in [0.2, 0.25) is 0 Å². The lowest BCUT2D eigenvalue weighted by Gasteiger charge is -2.09. The molecule has 0 atom stereocenters.